The maximum Gasteiger partial charge on any atom is 0.303 e. The SMILES string of the molecule is CC(=O)OC1S[C@H](COCc2ccc(Cl)cc2)[C@@H](OCc2ccc(Cl)cc2)[C@@H]1OCc1ccc(Cl)cc1. The second-order valence-corrected chi connectivity index (χ2v) is 11.2. The van der Waals surface area contributed by atoms with Crippen molar-refractivity contribution >= 4 is 52.5 Å². The van der Waals surface area contributed by atoms with Crippen LogP contribution in [0.15, 0.2) is 72.8 Å². The molecule has 0 aromatic heterocycles. The highest BCUT2D eigenvalue weighted by Gasteiger charge is 2.48. The molecule has 1 fully saturated rings. The Morgan fingerprint density at radius 3 is 1.59 bits per heavy atom. The van der Waals surface area contributed by atoms with Crippen molar-refractivity contribution in [2.75, 3.05) is 6.61 Å². The molecule has 0 saturated carbocycles. The summed E-state index contributed by atoms with van der Waals surface area (Å²) in [5.74, 6) is -0.378. The van der Waals surface area contributed by atoms with Gasteiger partial charge < -0.3 is 18.9 Å². The van der Waals surface area contributed by atoms with E-state index in [9.17, 15) is 4.79 Å². The minimum Gasteiger partial charge on any atom is -0.449 e. The minimum atomic E-state index is -0.538. The second-order valence-electron chi connectivity index (χ2n) is 8.60. The Morgan fingerprint density at radius 1 is 0.703 bits per heavy atom. The molecule has 0 aliphatic carbocycles. The Balaban J connectivity index is 1.48. The Morgan fingerprint density at radius 2 is 1.14 bits per heavy atom. The molecule has 3 aromatic rings. The molecule has 0 N–H and O–H groups in total. The van der Waals surface area contributed by atoms with E-state index < -0.39 is 11.5 Å². The van der Waals surface area contributed by atoms with Crippen molar-refractivity contribution in [3.05, 3.63) is 105 Å². The number of hydrogen-bond donors (Lipinski definition) is 0. The highest BCUT2D eigenvalue weighted by atomic mass is 35.5. The summed E-state index contributed by atoms with van der Waals surface area (Å²) in [6.45, 7) is 2.87. The van der Waals surface area contributed by atoms with Crippen molar-refractivity contribution in [1.82, 2.24) is 0 Å². The fraction of sp³-hybridized carbons (Fsp3) is 0.321. The van der Waals surface area contributed by atoms with Crippen LogP contribution < -0.4 is 0 Å². The molecular formula is C28H27Cl3O5S. The molecule has 1 unspecified atom stereocenters. The first-order valence-electron chi connectivity index (χ1n) is 11.7. The van der Waals surface area contributed by atoms with Crippen molar-refractivity contribution in [1.29, 1.82) is 0 Å². The lowest BCUT2D eigenvalue weighted by atomic mass is 10.1. The van der Waals surface area contributed by atoms with E-state index in [2.05, 4.69) is 0 Å². The smallest absolute Gasteiger partial charge is 0.303 e. The van der Waals surface area contributed by atoms with Gasteiger partial charge in [-0.05, 0) is 53.1 Å². The number of carbonyl (C=O) groups excluding carboxylic acids is 1. The second kappa shape index (κ2) is 13.9. The van der Waals surface area contributed by atoms with Crippen LogP contribution in [-0.2, 0) is 43.6 Å². The van der Waals surface area contributed by atoms with Crippen LogP contribution in [0, 0.1) is 0 Å². The molecule has 1 heterocycles. The Kier molecular flexibility index (Phi) is 10.6. The number of halogens is 3. The molecule has 1 saturated heterocycles. The van der Waals surface area contributed by atoms with Gasteiger partial charge in [0.15, 0.2) is 5.44 Å². The van der Waals surface area contributed by atoms with Gasteiger partial charge in [0.2, 0.25) is 0 Å². The van der Waals surface area contributed by atoms with Crippen molar-refractivity contribution in [3.63, 3.8) is 0 Å². The molecule has 0 bridgehead atoms. The van der Waals surface area contributed by atoms with E-state index in [4.69, 9.17) is 53.8 Å². The summed E-state index contributed by atoms with van der Waals surface area (Å²) in [6.07, 6.45) is -0.886. The topological polar surface area (TPSA) is 54.0 Å². The molecule has 0 spiro atoms. The summed E-state index contributed by atoms with van der Waals surface area (Å²) >= 11 is 19.5. The third-order valence-corrected chi connectivity index (χ3v) is 7.87. The predicted molar refractivity (Wildman–Crippen MR) is 148 cm³/mol. The first-order chi connectivity index (χ1) is 17.9. The molecule has 196 valence electrons. The largest absolute Gasteiger partial charge is 0.449 e. The Labute approximate surface area is 236 Å². The van der Waals surface area contributed by atoms with E-state index in [0.717, 1.165) is 16.7 Å². The zero-order valence-electron chi connectivity index (χ0n) is 20.1. The van der Waals surface area contributed by atoms with E-state index in [1.165, 1.54) is 18.7 Å². The van der Waals surface area contributed by atoms with Crippen LogP contribution in [0.2, 0.25) is 15.1 Å². The number of rotatable bonds is 11. The fourth-order valence-corrected chi connectivity index (χ4v) is 5.75. The molecule has 4 atom stereocenters. The monoisotopic (exact) mass is 580 g/mol. The van der Waals surface area contributed by atoms with Gasteiger partial charge in [-0.1, -0.05) is 71.2 Å². The summed E-state index contributed by atoms with van der Waals surface area (Å²) in [5.41, 5.74) is 2.40. The molecule has 9 heteroatoms. The van der Waals surface area contributed by atoms with Gasteiger partial charge in [-0.3, -0.25) is 4.79 Å². The molecule has 1 aliphatic rings. The molecule has 3 aromatic carbocycles. The van der Waals surface area contributed by atoms with Crippen LogP contribution in [-0.4, -0.2) is 35.5 Å². The standard InChI is InChI=1S/C28H27Cl3O5S/c1-18(32)36-28-27(35-16-21-6-12-24(31)13-7-21)26(34-15-20-4-10-23(30)11-5-20)25(37-28)17-33-14-19-2-8-22(29)9-3-19/h2-13,25-28H,14-17H2,1H3/t25-,26-,27+,28?/m1/s1. The first-order valence-corrected chi connectivity index (χ1v) is 13.8. The fourth-order valence-electron chi connectivity index (χ4n) is 3.88. The normalized spacial score (nSPS) is 21.2. The van der Waals surface area contributed by atoms with Crippen LogP contribution in [0.25, 0.3) is 0 Å². The van der Waals surface area contributed by atoms with Gasteiger partial charge in [-0.2, -0.15) is 0 Å². The number of esters is 1. The number of benzene rings is 3. The van der Waals surface area contributed by atoms with Crippen LogP contribution in [0.4, 0.5) is 0 Å². The third kappa shape index (κ3) is 8.62. The minimum absolute atomic E-state index is 0.126. The summed E-state index contributed by atoms with van der Waals surface area (Å²) in [7, 11) is 0. The maximum atomic E-state index is 11.9. The van der Waals surface area contributed by atoms with Gasteiger partial charge in [-0.25, -0.2) is 0 Å². The average molecular weight is 582 g/mol. The lowest BCUT2D eigenvalue weighted by molar-refractivity contribution is -0.155. The van der Waals surface area contributed by atoms with Gasteiger partial charge in [0.05, 0.1) is 31.7 Å². The van der Waals surface area contributed by atoms with E-state index in [1.807, 2.05) is 72.8 Å². The molecule has 4 rings (SSSR count). The third-order valence-electron chi connectivity index (χ3n) is 5.73. The van der Waals surface area contributed by atoms with E-state index in [0.29, 0.717) is 41.5 Å². The van der Waals surface area contributed by atoms with Gasteiger partial charge >= 0.3 is 5.97 Å². The average Bonchev–Trinajstić information content (AvgIpc) is 3.19. The molecule has 0 amide bonds. The van der Waals surface area contributed by atoms with Crippen LogP contribution in [0.5, 0.6) is 0 Å². The predicted octanol–water partition coefficient (Wildman–Crippen LogP) is 7.34. The molecule has 1 aliphatic heterocycles. The maximum absolute atomic E-state index is 11.9. The molecule has 37 heavy (non-hydrogen) atoms. The Bertz CT molecular complexity index is 1140. The van der Waals surface area contributed by atoms with Gasteiger partial charge in [-0.15, -0.1) is 11.8 Å². The van der Waals surface area contributed by atoms with E-state index >= 15 is 0 Å². The number of hydrogen-bond acceptors (Lipinski definition) is 6. The van der Waals surface area contributed by atoms with E-state index in [1.54, 1.807) is 0 Å². The Hall–Kier alpha value is -1.77. The highest BCUT2D eigenvalue weighted by Crippen LogP contribution is 2.40. The first kappa shape index (κ1) is 28.2. The van der Waals surface area contributed by atoms with Gasteiger partial charge in [0.1, 0.15) is 12.2 Å². The lowest BCUT2D eigenvalue weighted by Crippen LogP contribution is -2.40. The zero-order valence-corrected chi connectivity index (χ0v) is 23.2. The molecule has 5 nitrogen and oxygen atoms in total. The summed E-state index contributed by atoms with van der Waals surface area (Å²) in [6, 6.07) is 22.5. The highest BCUT2D eigenvalue weighted by molar-refractivity contribution is 8.00. The van der Waals surface area contributed by atoms with Crippen LogP contribution >= 0.6 is 46.6 Å². The van der Waals surface area contributed by atoms with Crippen molar-refractivity contribution in [2.45, 2.75) is 49.6 Å². The van der Waals surface area contributed by atoms with Gasteiger partial charge in [0.25, 0.3) is 0 Å². The quantitative estimate of drug-likeness (QED) is 0.221. The number of thioether (sulfide) groups is 1. The molecule has 0 radical (unpaired) electrons. The molecular weight excluding hydrogens is 555 g/mol. The number of ether oxygens (including phenoxy) is 4. The van der Waals surface area contributed by atoms with Crippen molar-refractivity contribution in [2.24, 2.45) is 0 Å². The number of carbonyl (C=O) groups is 1. The van der Waals surface area contributed by atoms with Crippen molar-refractivity contribution in [3.8, 4) is 0 Å². The van der Waals surface area contributed by atoms with Gasteiger partial charge in [0, 0.05) is 22.0 Å². The van der Waals surface area contributed by atoms with E-state index in [-0.39, 0.29) is 17.3 Å². The zero-order chi connectivity index (χ0) is 26.2. The van der Waals surface area contributed by atoms with Crippen LogP contribution in [0.3, 0.4) is 0 Å². The summed E-state index contributed by atoms with van der Waals surface area (Å²) in [5, 5.41) is 1.86. The summed E-state index contributed by atoms with van der Waals surface area (Å²) in [4.78, 5) is 11.9. The van der Waals surface area contributed by atoms with Crippen molar-refractivity contribution < 1.29 is 23.7 Å². The lowest BCUT2D eigenvalue weighted by Gasteiger charge is -2.26. The van der Waals surface area contributed by atoms with Crippen LogP contribution in [0.1, 0.15) is 23.6 Å². The summed E-state index contributed by atoms with van der Waals surface area (Å²) < 4.78 is 24.4.